The number of unbranched alkanes of at least 4 members (excludes halogenated alkanes) is 18. The standard InChI is InChI=1S/C30H52Cl2N6/c1-3-5-7-9-11-12-13-14-15-16-17-18-20-22-24-34-28-26-25(35-30(32)38-28)27(37-29(31)36-26)33-23-21-19-10-8-6-4-2/h3-24H2,1-2H3,(H,33,36,37)(H,34,35,38). The lowest BCUT2D eigenvalue weighted by molar-refractivity contribution is 0.537. The minimum atomic E-state index is 0.188. The quantitative estimate of drug-likeness (QED) is 0.0971. The Morgan fingerprint density at radius 3 is 1.03 bits per heavy atom. The van der Waals surface area contributed by atoms with Gasteiger partial charge in [-0.1, -0.05) is 129 Å². The van der Waals surface area contributed by atoms with Gasteiger partial charge in [-0.25, -0.2) is 9.97 Å². The molecule has 2 aromatic rings. The summed E-state index contributed by atoms with van der Waals surface area (Å²) in [4.78, 5) is 17.6. The van der Waals surface area contributed by atoms with Crippen molar-refractivity contribution in [3.05, 3.63) is 10.6 Å². The fourth-order valence-electron chi connectivity index (χ4n) is 4.85. The van der Waals surface area contributed by atoms with Crippen molar-refractivity contribution in [1.29, 1.82) is 0 Å². The summed E-state index contributed by atoms with van der Waals surface area (Å²) in [6.07, 6.45) is 26.3. The first kappa shape index (κ1) is 32.8. The molecule has 2 N–H and O–H groups in total. The van der Waals surface area contributed by atoms with Gasteiger partial charge in [0.1, 0.15) is 11.0 Å². The summed E-state index contributed by atoms with van der Waals surface area (Å²) in [5, 5.41) is 7.17. The second-order valence-electron chi connectivity index (χ2n) is 10.6. The zero-order valence-electron chi connectivity index (χ0n) is 24.1. The van der Waals surface area contributed by atoms with E-state index in [-0.39, 0.29) is 10.6 Å². The van der Waals surface area contributed by atoms with Crippen molar-refractivity contribution in [3.8, 4) is 0 Å². The normalized spacial score (nSPS) is 11.4. The highest BCUT2D eigenvalue weighted by Crippen LogP contribution is 2.27. The van der Waals surface area contributed by atoms with Crippen molar-refractivity contribution in [2.45, 2.75) is 142 Å². The lowest BCUT2D eigenvalue weighted by Crippen LogP contribution is -2.09. The summed E-state index contributed by atoms with van der Waals surface area (Å²) in [7, 11) is 0. The molecular weight excluding hydrogens is 515 g/mol. The maximum absolute atomic E-state index is 6.26. The number of anilines is 2. The molecule has 8 heteroatoms. The zero-order valence-corrected chi connectivity index (χ0v) is 25.6. The van der Waals surface area contributed by atoms with E-state index < -0.39 is 0 Å². The van der Waals surface area contributed by atoms with Gasteiger partial charge < -0.3 is 10.6 Å². The fraction of sp³-hybridized carbons (Fsp3) is 0.800. The summed E-state index contributed by atoms with van der Waals surface area (Å²) in [6, 6.07) is 0. The number of halogens is 2. The van der Waals surface area contributed by atoms with Gasteiger partial charge in [-0.05, 0) is 36.0 Å². The molecule has 6 nitrogen and oxygen atoms in total. The molecule has 216 valence electrons. The molecule has 2 aromatic heterocycles. The molecule has 0 aliphatic heterocycles. The van der Waals surface area contributed by atoms with Gasteiger partial charge in [0.05, 0.1) is 0 Å². The average Bonchev–Trinajstić information content (AvgIpc) is 2.90. The molecule has 0 amide bonds. The van der Waals surface area contributed by atoms with Gasteiger partial charge in [0.2, 0.25) is 10.6 Å². The molecule has 38 heavy (non-hydrogen) atoms. The zero-order chi connectivity index (χ0) is 27.3. The molecule has 2 heterocycles. The van der Waals surface area contributed by atoms with Crippen LogP contribution in [0.1, 0.15) is 142 Å². The van der Waals surface area contributed by atoms with E-state index in [0.29, 0.717) is 22.7 Å². The third-order valence-corrected chi connectivity index (χ3v) is 7.47. The van der Waals surface area contributed by atoms with Crippen LogP contribution < -0.4 is 10.6 Å². The summed E-state index contributed by atoms with van der Waals surface area (Å²) >= 11 is 12.5. The van der Waals surface area contributed by atoms with Gasteiger partial charge in [-0.3, -0.25) is 0 Å². The molecule has 0 aliphatic carbocycles. The Kier molecular flexibility index (Phi) is 18.5. The topological polar surface area (TPSA) is 75.6 Å². The highest BCUT2D eigenvalue weighted by atomic mass is 35.5. The van der Waals surface area contributed by atoms with Crippen LogP contribution in [-0.4, -0.2) is 33.0 Å². The maximum atomic E-state index is 6.26. The minimum absolute atomic E-state index is 0.188. The molecule has 0 atom stereocenters. The average molecular weight is 568 g/mol. The van der Waals surface area contributed by atoms with Crippen molar-refractivity contribution >= 4 is 45.9 Å². The first-order valence-electron chi connectivity index (χ1n) is 15.5. The van der Waals surface area contributed by atoms with Gasteiger partial charge in [-0.2, -0.15) is 9.97 Å². The van der Waals surface area contributed by atoms with Crippen molar-refractivity contribution in [3.63, 3.8) is 0 Å². The molecule has 0 aliphatic rings. The summed E-state index contributed by atoms with van der Waals surface area (Å²) < 4.78 is 0. The third-order valence-electron chi connectivity index (χ3n) is 7.13. The van der Waals surface area contributed by atoms with Crippen molar-refractivity contribution < 1.29 is 0 Å². The molecule has 0 spiro atoms. The van der Waals surface area contributed by atoms with E-state index >= 15 is 0 Å². The van der Waals surface area contributed by atoms with Gasteiger partial charge in [0.15, 0.2) is 11.6 Å². The van der Waals surface area contributed by atoms with Crippen LogP contribution >= 0.6 is 23.2 Å². The highest BCUT2D eigenvalue weighted by molar-refractivity contribution is 6.30. The van der Waals surface area contributed by atoms with Crippen molar-refractivity contribution in [1.82, 2.24) is 19.9 Å². The predicted octanol–water partition coefficient (Wildman–Crippen LogP) is 10.4. The van der Waals surface area contributed by atoms with Crippen LogP contribution in [0.2, 0.25) is 10.6 Å². The second kappa shape index (κ2) is 21.4. The number of aromatic nitrogens is 4. The summed E-state index contributed by atoms with van der Waals surface area (Å²) in [5.41, 5.74) is 1.23. The van der Waals surface area contributed by atoms with Crippen LogP contribution in [0.25, 0.3) is 11.0 Å². The Hall–Kier alpha value is -1.40. The van der Waals surface area contributed by atoms with E-state index in [4.69, 9.17) is 23.2 Å². The molecule has 0 fully saturated rings. The monoisotopic (exact) mass is 566 g/mol. The first-order chi connectivity index (χ1) is 18.7. The molecule has 0 saturated carbocycles. The Morgan fingerprint density at radius 1 is 0.421 bits per heavy atom. The Morgan fingerprint density at radius 2 is 0.711 bits per heavy atom. The molecule has 0 bridgehead atoms. The van der Waals surface area contributed by atoms with Gasteiger partial charge >= 0.3 is 0 Å². The smallest absolute Gasteiger partial charge is 0.225 e. The Labute approximate surface area is 241 Å². The predicted molar refractivity (Wildman–Crippen MR) is 166 cm³/mol. The van der Waals surface area contributed by atoms with E-state index in [9.17, 15) is 0 Å². The lowest BCUT2D eigenvalue weighted by Gasteiger charge is -2.12. The third kappa shape index (κ3) is 14.1. The van der Waals surface area contributed by atoms with Crippen LogP contribution in [0.15, 0.2) is 0 Å². The first-order valence-corrected chi connectivity index (χ1v) is 16.3. The maximum Gasteiger partial charge on any atom is 0.225 e. The molecule has 2 rings (SSSR count). The fourth-order valence-corrected chi connectivity index (χ4v) is 5.18. The van der Waals surface area contributed by atoms with Crippen LogP contribution in [-0.2, 0) is 0 Å². The van der Waals surface area contributed by atoms with Crippen molar-refractivity contribution in [2.24, 2.45) is 0 Å². The number of nitrogens with zero attached hydrogens (tertiary/aromatic N) is 4. The lowest BCUT2D eigenvalue weighted by atomic mass is 10.0. The Bertz CT molecular complexity index is 879. The van der Waals surface area contributed by atoms with Crippen LogP contribution in [0.3, 0.4) is 0 Å². The summed E-state index contributed by atoms with van der Waals surface area (Å²) in [5.74, 6) is 1.25. The van der Waals surface area contributed by atoms with Crippen LogP contribution in [0.5, 0.6) is 0 Å². The number of nitrogens with one attached hydrogen (secondary N) is 2. The van der Waals surface area contributed by atoms with E-state index in [2.05, 4.69) is 44.4 Å². The van der Waals surface area contributed by atoms with E-state index in [0.717, 1.165) is 25.9 Å². The molecule has 0 saturated heterocycles. The van der Waals surface area contributed by atoms with E-state index in [1.54, 1.807) is 0 Å². The number of rotatable bonds is 24. The van der Waals surface area contributed by atoms with Crippen LogP contribution in [0, 0.1) is 0 Å². The van der Waals surface area contributed by atoms with Crippen molar-refractivity contribution in [2.75, 3.05) is 23.7 Å². The van der Waals surface area contributed by atoms with Gasteiger partial charge in [0, 0.05) is 13.1 Å². The molecule has 0 aromatic carbocycles. The minimum Gasteiger partial charge on any atom is -0.368 e. The SMILES string of the molecule is CCCCCCCCCCCCCCCCNc1nc(Cl)nc2c(NCCCCCCCC)nc(Cl)nc12. The number of hydrogen-bond acceptors (Lipinski definition) is 6. The molecule has 0 unspecified atom stereocenters. The largest absolute Gasteiger partial charge is 0.368 e. The van der Waals surface area contributed by atoms with E-state index in [1.165, 1.54) is 116 Å². The van der Waals surface area contributed by atoms with Gasteiger partial charge in [-0.15, -0.1) is 0 Å². The Balaban J connectivity index is 1.66. The molecule has 0 radical (unpaired) electrons. The van der Waals surface area contributed by atoms with Gasteiger partial charge in [0.25, 0.3) is 0 Å². The second-order valence-corrected chi connectivity index (χ2v) is 11.3. The summed E-state index contributed by atoms with van der Waals surface area (Å²) in [6.45, 7) is 6.16. The number of hydrogen-bond donors (Lipinski definition) is 2. The highest BCUT2D eigenvalue weighted by Gasteiger charge is 2.14. The van der Waals surface area contributed by atoms with Crippen LogP contribution in [0.4, 0.5) is 11.6 Å². The molecular formula is C30H52Cl2N6. The van der Waals surface area contributed by atoms with E-state index in [1.807, 2.05) is 0 Å². The number of fused-ring (bicyclic) bond motifs is 1.